The van der Waals surface area contributed by atoms with E-state index in [2.05, 4.69) is 21.8 Å². The van der Waals surface area contributed by atoms with Gasteiger partial charge in [-0.1, -0.05) is 12.1 Å². The van der Waals surface area contributed by atoms with Crippen LogP contribution in [0.5, 0.6) is 5.75 Å². The maximum atomic E-state index is 11.9. The highest BCUT2D eigenvalue weighted by Gasteiger charge is 2.30. The zero-order chi connectivity index (χ0) is 15.0. The van der Waals surface area contributed by atoms with Crippen LogP contribution in [0, 0.1) is 0 Å². The van der Waals surface area contributed by atoms with Gasteiger partial charge in [0.15, 0.2) is 0 Å². The Morgan fingerprint density at radius 1 is 1.43 bits per heavy atom. The lowest BCUT2D eigenvalue weighted by molar-refractivity contribution is 0.414. The highest BCUT2D eigenvalue weighted by atomic mass is 16.5. The number of H-pyrrole nitrogens is 1. The number of nitrogens with zero attached hydrogens (tertiary/aromatic N) is 2. The number of rotatable bonds is 3. The Kier molecular flexibility index (Phi) is 3.29. The molecule has 0 aliphatic carbocycles. The number of ether oxygens (including phenoxy) is 1. The zero-order valence-corrected chi connectivity index (χ0v) is 12.1. The molecule has 0 saturated carbocycles. The van der Waals surface area contributed by atoms with Crippen LogP contribution in [0.1, 0.15) is 18.1 Å². The second-order valence-electron chi connectivity index (χ2n) is 5.28. The van der Waals surface area contributed by atoms with E-state index >= 15 is 0 Å². The number of nitrogen functional groups attached to an aromatic ring is 1. The van der Waals surface area contributed by atoms with Crippen molar-refractivity contribution in [3.8, 4) is 5.75 Å². The lowest BCUT2D eigenvalue weighted by atomic mass is 10.2. The van der Waals surface area contributed by atoms with Gasteiger partial charge in [-0.05, 0) is 24.6 Å². The maximum Gasteiger partial charge on any atom is 0.257 e. The van der Waals surface area contributed by atoms with E-state index in [1.807, 2.05) is 24.3 Å². The van der Waals surface area contributed by atoms with E-state index in [9.17, 15) is 4.79 Å². The third kappa shape index (κ3) is 2.44. The number of nitrogens with two attached hydrogens (primary N) is 1. The van der Waals surface area contributed by atoms with Crippen LogP contribution in [-0.2, 0) is 13.0 Å². The fourth-order valence-electron chi connectivity index (χ4n) is 2.70. The highest BCUT2D eigenvalue weighted by Crippen LogP contribution is 2.29. The first-order chi connectivity index (χ1) is 10.1. The van der Waals surface area contributed by atoms with Gasteiger partial charge in [-0.2, -0.15) is 4.98 Å². The number of hydrogen-bond donors (Lipinski definition) is 2. The molecule has 1 atom stereocenters. The summed E-state index contributed by atoms with van der Waals surface area (Å²) in [7, 11) is 1.65. The Bertz CT molecular complexity index is 709. The average molecular weight is 286 g/mol. The normalized spacial score (nSPS) is 16.9. The van der Waals surface area contributed by atoms with Crippen molar-refractivity contribution in [3.05, 3.63) is 45.7 Å². The summed E-state index contributed by atoms with van der Waals surface area (Å²) >= 11 is 0. The van der Waals surface area contributed by atoms with Crippen molar-refractivity contribution in [1.29, 1.82) is 0 Å². The lowest BCUT2D eigenvalue weighted by Gasteiger charge is -2.24. The number of hydrogen-bond acceptors (Lipinski definition) is 5. The van der Waals surface area contributed by atoms with Gasteiger partial charge >= 0.3 is 0 Å². The molecular weight excluding hydrogens is 268 g/mol. The molecule has 3 N–H and O–H groups in total. The summed E-state index contributed by atoms with van der Waals surface area (Å²) in [4.78, 5) is 20.9. The Hall–Kier alpha value is -2.50. The second-order valence-corrected chi connectivity index (χ2v) is 5.28. The summed E-state index contributed by atoms with van der Waals surface area (Å²) in [5, 5.41) is 0. The third-order valence-corrected chi connectivity index (χ3v) is 3.83. The molecule has 1 aromatic carbocycles. The van der Waals surface area contributed by atoms with Gasteiger partial charge in [-0.15, -0.1) is 0 Å². The zero-order valence-electron chi connectivity index (χ0n) is 12.1. The average Bonchev–Trinajstić information content (AvgIpc) is 2.77. The van der Waals surface area contributed by atoms with Crippen LogP contribution in [0.15, 0.2) is 29.1 Å². The molecule has 1 aromatic heterocycles. The smallest absolute Gasteiger partial charge is 0.257 e. The molecular formula is C15H18N4O2. The molecule has 0 saturated heterocycles. The highest BCUT2D eigenvalue weighted by molar-refractivity contribution is 5.55. The van der Waals surface area contributed by atoms with Crippen LogP contribution in [0.4, 0.5) is 11.8 Å². The molecule has 2 heterocycles. The van der Waals surface area contributed by atoms with E-state index in [4.69, 9.17) is 10.5 Å². The number of anilines is 2. The predicted molar refractivity (Wildman–Crippen MR) is 81.6 cm³/mol. The SMILES string of the molecule is COc1ccc(CN2c3nc(N)[nH]c(=O)c3CC2C)cc1. The molecule has 1 unspecified atom stereocenters. The van der Waals surface area contributed by atoms with Crippen molar-refractivity contribution in [2.24, 2.45) is 0 Å². The van der Waals surface area contributed by atoms with Crippen LogP contribution in [0.25, 0.3) is 0 Å². The van der Waals surface area contributed by atoms with Gasteiger partial charge in [-0.25, -0.2) is 0 Å². The minimum Gasteiger partial charge on any atom is -0.497 e. The van der Waals surface area contributed by atoms with Crippen molar-refractivity contribution < 1.29 is 4.74 Å². The molecule has 3 rings (SSSR count). The van der Waals surface area contributed by atoms with Crippen molar-refractivity contribution in [3.63, 3.8) is 0 Å². The van der Waals surface area contributed by atoms with Crippen LogP contribution in [0.3, 0.4) is 0 Å². The maximum absolute atomic E-state index is 11.9. The van der Waals surface area contributed by atoms with Gasteiger partial charge in [0.2, 0.25) is 5.95 Å². The van der Waals surface area contributed by atoms with E-state index < -0.39 is 0 Å². The van der Waals surface area contributed by atoms with Gasteiger partial charge in [-0.3, -0.25) is 9.78 Å². The third-order valence-electron chi connectivity index (χ3n) is 3.83. The second kappa shape index (κ2) is 5.12. The Morgan fingerprint density at radius 3 is 2.81 bits per heavy atom. The molecule has 0 fully saturated rings. The van der Waals surface area contributed by atoms with E-state index in [0.717, 1.165) is 11.3 Å². The molecule has 21 heavy (non-hydrogen) atoms. The van der Waals surface area contributed by atoms with Crippen molar-refractivity contribution in [2.75, 3.05) is 17.7 Å². The summed E-state index contributed by atoms with van der Waals surface area (Å²) in [6.45, 7) is 2.77. The molecule has 0 spiro atoms. The summed E-state index contributed by atoms with van der Waals surface area (Å²) < 4.78 is 5.16. The molecule has 1 aliphatic rings. The molecule has 6 heteroatoms. The van der Waals surface area contributed by atoms with Gasteiger partial charge in [0, 0.05) is 19.0 Å². The van der Waals surface area contributed by atoms with Crippen LogP contribution in [-0.4, -0.2) is 23.1 Å². The Balaban J connectivity index is 1.91. The summed E-state index contributed by atoms with van der Waals surface area (Å²) in [6.07, 6.45) is 0.689. The fourth-order valence-corrected chi connectivity index (χ4v) is 2.70. The quantitative estimate of drug-likeness (QED) is 0.888. The minimum absolute atomic E-state index is 0.137. The number of aromatic nitrogens is 2. The summed E-state index contributed by atoms with van der Waals surface area (Å²) in [6, 6.07) is 8.10. The Morgan fingerprint density at radius 2 is 2.14 bits per heavy atom. The van der Waals surface area contributed by atoms with Crippen LogP contribution >= 0.6 is 0 Å². The first-order valence-electron chi connectivity index (χ1n) is 6.86. The lowest BCUT2D eigenvalue weighted by Crippen LogP contribution is -2.29. The number of aromatic amines is 1. The minimum atomic E-state index is -0.137. The Labute approximate surface area is 122 Å². The molecule has 2 aromatic rings. The number of fused-ring (bicyclic) bond motifs is 1. The molecule has 110 valence electrons. The van der Waals surface area contributed by atoms with E-state index in [1.54, 1.807) is 7.11 Å². The van der Waals surface area contributed by atoms with Crippen molar-refractivity contribution >= 4 is 11.8 Å². The van der Waals surface area contributed by atoms with Gasteiger partial charge in [0.25, 0.3) is 5.56 Å². The predicted octanol–water partition coefficient (Wildman–Crippen LogP) is 1.31. The summed E-state index contributed by atoms with van der Waals surface area (Å²) in [5.41, 5.74) is 7.37. The van der Waals surface area contributed by atoms with Gasteiger partial charge in [0.1, 0.15) is 11.6 Å². The molecule has 6 nitrogen and oxygen atoms in total. The molecule has 1 aliphatic heterocycles. The van der Waals surface area contributed by atoms with E-state index in [0.29, 0.717) is 24.3 Å². The van der Waals surface area contributed by atoms with Crippen LogP contribution in [0.2, 0.25) is 0 Å². The molecule has 0 bridgehead atoms. The first kappa shape index (κ1) is 13.5. The van der Waals surface area contributed by atoms with Crippen molar-refractivity contribution in [2.45, 2.75) is 25.9 Å². The van der Waals surface area contributed by atoms with Crippen molar-refractivity contribution in [1.82, 2.24) is 9.97 Å². The monoisotopic (exact) mass is 286 g/mol. The number of methoxy groups -OCH3 is 1. The summed E-state index contributed by atoms with van der Waals surface area (Å²) in [5.74, 6) is 1.68. The number of nitrogens with one attached hydrogen (secondary N) is 1. The molecule has 0 radical (unpaired) electrons. The van der Waals surface area contributed by atoms with Gasteiger partial charge < -0.3 is 15.4 Å². The first-order valence-corrected chi connectivity index (χ1v) is 6.86. The fraction of sp³-hybridized carbons (Fsp3) is 0.333. The van der Waals surface area contributed by atoms with E-state index in [1.165, 1.54) is 0 Å². The molecule has 0 amide bonds. The number of benzene rings is 1. The largest absolute Gasteiger partial charge is 0.497 e. The van der Waals surface area contributed by atoms with E-state index in [-0.39, 0.29) is 17.5 Å². The van der Waals surface area contributed by atoms with Crippen LogP contribution < -0.4 is 20.9 Å². The van der Waals surface area contributed by atoms with Gasteiger partial charge in [0.05, 0.1) is 12.7 Å². The standard InChI is InChI=1S/C15H18N4O2/c1-9-7-12-13(17-15(16)18-14(12)20)19(9)8-10-3-5-11(21-2)6-4-10/h3-6,9H,7-8H2,1-2H3,(H3,16,17,18,20). The topological polar surface area (TPSA) is 84.2 Å².